The quantitative estimate of drug-likeness (QED) is 0.882. The molecule has 1 aromatic heterocycles. The average Bonchev–Trinajstić information content (AvgIpc) is 3.10. The number of benzene rings is 1. The van der Waals surface area contributed by atoms with Gasteiger partial charge < -0.3 is 14.6 Å². The summed E-state index contributed by atoms with van der Waals surface area (Å²) in [5.74, 6) is 1.34. The molecule has 0 spiro atoms. The third kappa shape index (κ3) is 3.49. The molecular weight excluding hydrogens is 264 g/mol. The van der Waals surface area contributed by atoms with Gasteiger partial charge in [0.15, 0.2) is 5.76 Å². The highest BCUT2D eigenvalue weighted by Crippen LogP contribution is 2.27. The Hall–Kier alpha value is -1.52. The molecule has 100 valence electrons. The highest BCUT2D eigenvalue weighted by molar-refractivity contribution is 6.32. The van der Waals surface area contributed by atoms with Gasteiger partial charge in [0.05, 0.1) is 11.2 Å². The Morgan fingerprint density at radius 1 is 1.37 bits per heavy atom. The number of nitrogens with one attached hydrogen (secondary N) is 1. The predicted octanol–water partition coefficient (Wildman–Crippen LogP) is 3.16. The van der Waals surface area contributed by atoms with Crippen LogP contribution < -0.4 is 10.1 Å². The first-order chi connectivity index (χ1) is 9.31. The Morgan fingerprint density at radius 3 is 2.95 bits per heavy atom. The van der Waals surface area contributed by atoms with Crippen LogP contribution in [0.4, 0.5) is 0 Å². The first-order valence-corrected chi connectivity index (χ1v) is 6.73. The highest BCUT2D eigenvalue weighted by atomic mass is 35.5. The zero-order valence-electron chi connectivity index (χ0n) is 10.4. The van der Waals surface area contributed by atoms with Crippen molar-refractivity contribution < 1.29 is 9.26 Å². The highest BCUT2D eigenvalue weighted by Gasteiger charge is 2.20. The summed E-state index contributed by atoms with van der Waals surface area (Å²) in [5.41, 5.74) is 1.17. The Labute approximate surface area is 116 Å². The molecular formula is C14H15ClN2O2. The summed E-state index contributed by atoms with van der Waals surface area (Å²) >= 11 is 6.20. The minimum Gasteiger partial charge on any atom is -0.484 e. The van der Waals surface area contributed by atoms with Gasteiger partial charge in [-0.25, -0.2) is 0 Å². The summed E-state index contributed by atoms with van der Waals surface area (Å²) in [6, 6.07) is 8.31. The van der Waals surface area contributed by atoms with Crippen molar-refractivity contribution in [3.63, 3.8) is 0 Å². The minimum absolute atomic E-state index is 0.333. The monoisotopic (exact) mass is 278 g/mol. The van der Waals surface area contributed by atoms with E-state index in [1.54, 1.807) is 12.3 Å². The van der Waals surface area contributed by atoms with E-state index in [-0.39, 0.29) is 0 Å². The van der Waals surface area contributed by atoms with Gasteiger partial charge >= 0.3 is 0 Å². The molecule has 3 rings (SSSR count). The smallest absolute Gasteiger partial charge is 0.174 e. The van der Waals surface area contributed by atoms with E-state index in [2.05, 4.69) is 10.5 Å². The number of halogens is 1. The zero-order valence-corrected chi connectivity index (χ0v) is 11.2. The first-order valence-electron chi connectivity index (χ1n) is 6.35. The van der Waals surface area contributed by atoms with Gasteiger partial charge in [-0.3, -0.25) is 0 Å². The summed E-state index contributed by atoms with van der Waals surface area (Å²) < 4.78 is 10.6. The van der Waals surface area contributed by atoms with E-state index in [4.69, 9.17) is 20.9 Å². The molecule has 0 radical (unpaired) electrons. The molecule has 1 aliphatic carbocycles. The third-order valence-corrected chi connectivity index (χ3v) is 3.33. The van der Waals surface area contributed by atoms with Gasteiger partial charge in [-0.1, -0.05) is 22.8 Å². The van der Waals surface area contributed by atoms with E-state index in [1.165, 1.54) is 18.4 Å². The lowest BCUT2D eigenvalue weighted by atomic mass is 10.2. The minimum atomic E-state index is 0.333. The van der Waals surface area contributed by atoms with E-state index >= 15 is 0 Å². The molecule has 0 amide bonds. The molecule has 0 atom stereocenters. The fourth-order valence-electron chi connectivity index (χ4n) is 1.79. The Kier molecular flexibility index (Phi) is 3.71. The Morgan fingerprint density at radius 2 is 2.26 bits per heavy atom. The topological polar surface area (TPSA) is 47.3 Å². The van der Waals surface area contributed by atoms with Crippen molar-refractivity contribution in [1.29, 1.82) is 0 Å². The second kappa shape index (κ2) is 5.63. The van der Waals surface area contributed by atoms with Crippen molar-refractivity contribution >= 4 is 11.6 Å². The van der Waals surface area contributed by atoms with Crippen molar-refractivity contribution in [1.82, 2.24) is 10.5 Å². The van der Waals surface area contributed by atoms with E-state index < -0.39 is 0 Å². The third-order valence-electron chi connectivity index (χ3n) is 3.03. The SMILES string of the molecule is Clc1cc(CNC2CC2)ccc1OCc1ccno1. The Bertz CT molecular complexity index is 538. The van der Waals surface area contributed by atoms with E-state index in [9.17, 15) is 0 Å². The van der Waals surface area contributed by atoms with Crippen LogP contribution in [-0.2, 0) is 13.2 Å². The second-order valence-corrected chi connectivity index (χ2v) is 5.09. The maximum absolute atomic E-state index is 6.20. The molecule has 1 aromatic carbocycles. The van der Waals surface area contributed by atoms with Crippen molar-refractivity contribution in [2.45, 2.75) is 32.0 Å². The van der Waals surface area contributed by atoms with Crippen molar-refractivity contribution in [2.24, 2.45) is 0 Å². The fourth-order valence-corrected chi connectivity index (χ4v) is 2.04. The van der Waals surface area contributed by atoms with Gasteiger partial charge in [0.1, 0.15) is 12.4 Å². The molecule has 4 nitrogen and oxygen atoms in total. The molecule has 1 heterocycles. The van der Waals surface area contributed by atoms with Crippen LogP contribution in [0, 0.1) is 0 Å². The molecule has 5 heteroatoms. The van der Waals surface area contributed by atoms with E-state index in [0.29, 0.717) is 29.2 Å². The van der Waals surface area contributed by atoms with Gasteiger partial charge in [0.25, 0.3) is 0 Å². The summed E-state index contributed by atoms with van der Waals surface area (Å²) in [6.45, 7) is 1.19. The molecule has 0 unspecified atom stereocenters. The number of nitrogens with zero attached hydrogens (tertiary/aromatic N) is 1. The summed E-state index contributed by atoms with van der Waals surface area (Å²) in [4.78, 5) is 0. The number of aromatic nitrogens is 1. The maximum Gasteiger partial charge on any atom is 0.174 e. The van der Waals surface area contributed by atoms with Crippen LogP contribution in [0.5, 0.6) is 5.75 Å². The molecule has 0 aliphatic heterocycles. The standard InChI is InChI=1S/C14H15ClN2O2/c15-13-7-10(8-16-11-2-3-11)1-4-14(13)18-9-12-5-6-17-19-12/h1,4-7,11,16H,2-3,8-9H2. The largest absolute Gasteiger partial charge is 0.484 e. The van der Waals surface area contributed by atoms with Crippen LogP contribution in [0.2, 0.25) is 5.02 Å². The molecule has 0 bridgehead atoms. The molecule has 1 fully saturated rings. The zero-order chi connectivity index (χ0) is 13.1. The summed E-state index contributed by atoms with van der Waals surface area (Å²) in [6.07, 6.45) is 4.16. The molecule has 2 aromatic rings. The molecule has 1 N–H and O–H groups in total. The van der Waals surface area contributed by atoms with Crippen LogP contribution in [0.25, 0.3) is 0 Å². The molecule has 19 heavy (non-hydrogen) atoms. The van der Waals surface area contributed by atoms with E-state index in [0.717, 1.165) is 6.54 Å². The fraction of sp³-hybridized carbons (Fsp3) is 0.357. The average molecular weight is 279 g/mol. The first kappa shape index (κ1) is 12.5. The summed E-state index contributed by atoms with van der Waals surface area (Å²) in [7, 11) is 0. The van der Waals surface area contributed by atoms with Gasteiger partial charge in [0, 0.05) is 18.7 Å². The van der Waals surface area contributed by atoms with Crippen LogP contribution >= 0.6 is 11.6 Å². The second-order valence-electron chi connectivity index (χ2n) is 4.69. The lowest BCUT2D eigenvalue weighted by Crippen LogP contribution is -2.15. The van der Waals surface area contributed by atoms with Gasteiger partial charge in [-0.2, -0.15) is 0 Å². The maximum atomic E-state index is 6.20. The van der Waals surface area contributed by atoms with Gasteiger partial charge in [-0.15, -0.1) is 0 Å². The van der Waals surface area contributed by atoms with E-state index in [1.807, 2.05) is 18.2 Å². The lowest BCUT2D eigenvalue weighted by molar-refractivity contribution is 0.249. The van der Waals surface area contributed by atoms with Crippen molar-refractivity contribution in [3.05, 3.63) is 46.8 Å². The number of hydrogen-bond acceptors (Lipinski definition) is 4. The van der Waals surface area contributed by atoms with Crippen LogP contribution in [-0.4, -0.2) is 11.2 Å². The number of hydrogen-bond donors (Lipinski definition) is 1. The van der Waals surface area contributed by atoms with Crippen LogP contribution in [0.3, 0.4) is 0 Å². The van der Waals surface area contributed by atoms with Gasteiger partial charge in [0.2, 0.25) is 0 Å². The number of ether oxygens (including phenoxy) is 1. The lowest BCUT2D eigenvalue weighted by Gasteiger charge is -2.08. The normalized spacial score (nSPS) is 14.6. The predicted molar refractivity (Wildman–Crippen MR) is 72.1 cm³/mol. The molecule has 0 saturated heterocycles. The van der Waals surface area contributed by atoms with Crippen LogP contribution in [0.1, 0.15) is 24.2 Å². The van der Waals surface area contributed by atoms with Gasteiger partial charge in [-0.05, 0) is 30.5 Å². The molecule has 1 saturated carbocycles. The Balaban J connectivity index is 1.58. The van der Waals surface area contributed by atoms with Crippen molar-refractivity contribution in [2.75, 3.05) is 0 Å². The van der Waals surface area contributed by atoms with Crippen molar-refractivity contribution in [3.8, 4) is 5.75 Å². The number of rotatable bonds is 6. The molecule has 1 aliphatic rings. The summed E-state index contributed by atoms with van der Waals surface area (Å²) in [5, 5.41) is 7.69. The van der Waals surface area contributed by atoms with Crippen LogP contribution in [0.15, 0.2) is 35.0 Å².